The largest absolute Gasteiger partial charge is 0.353 e. The molecule has 2 aromatic heterocycles. The Labute approximate surface area is 220 Å². The van der Waals surface area contributed by atoms with Crippen LogP contribution in [0.15, 0.2) is 140 Å². The highest BCUT2D eigenvalue weighted by atomic mass is 15.0. The lowest BCUT2D eigenvalue weighted by Crippen LogP contribution is -1.95. The molecule has 0 saturated carbocycles. The first-order valence-electron chi connectivity index (χ1n) is 13.0. The topological polar surface area (TPSA) is 20.7 Å². The Morgan fingerprint density at radius 2 is 1.11 bits per heavy atom. The molecule has 0 amide bonds. The number of fused-ring (bicyclic) bond motifs is 7. The number of rotatable bonds is 3. The van der Waals surface area contributed by atoms with E-state index in [1.165, 1.54) is 60.3 Å². The molecule has 0 atom stereocenters. The molecule has 38 heavy (non-hydrogen) atoms. The number of para-hydroxylation sites is 2. The Bertz CT molecular complexity index is 2130. The molecule has 0 unspecified atom stereocenters. The Morgan fingerprint density at radius 1 is 0.447 bits per heavy atom. The van der Waals surface area contributed by atoms with E-state index in [0.717, 1.165) is 11.2 Å². The molecule has 0 aliphatic heterocycles. The third-order valence-corrected chi connectivity index (χ3v) is 7.74. The van der Waals surface area contributed by atoms with Crippen molar-refractivity contribution in [2.75, 3.05) is 0 Å². The van der Waals surface area contributed by atoms with Crippen LogP contribution in [0.4, 0.5) is 0 Å². The molecule has 0 bridgehead atoms. The monoisotopic (exact) mass is 484 g/mol. The third-order valence-electron chi connectivity index (χ3n) is 7.74. The fourth-order valence-corrected chi connectivity index (χ4v) is 6.06. The second-order valence-electron chi connectivity index (χ2n) is 9.87. The molecule has 2 nitrogen and oxygen atoms in total. The maximum absolute atomic E-state index is 3.75. The summed E-state index contributed by atoms with van der Waals surface area (Å²) in [6, 6.07) is 50.1. The predicted octanol–water partition coefficient (Wildman–Crippen LogP) is 9.75. The third kappa shape index (κ3) is 3.07. The van der Waals surface area contributed by atoms with Gasteiger partial charge in [-0.15, -0.1) is 0 Å². The van der Waals surface area contributed by atoms with Crippen molar-refractivity contribution in [1.29, 1.82) is 0 Å². The highest BCUT2D eigenvalue weighted by molar-refractivity contribution is 6.22. The molecule has 8 aromatic rings. The fourth-order valence-electron chi connectivity index (χ4n) is 6.06. The van der Waals surface area contributed by atoms with Gasteiger partial charge in [-0.25, -0.2) is 0 Å². The van der Waals surface area contributed by atoms with Gasteiger partial charge in [0.05, 0.1) is 16.6 Å². The van der Waals surface area contributed by atoms with E-state index in [1.807, 2.05) is 0 Å². The average molecular weight is 485 g/mol. The van der Waals surface area contributed by atoms with Crippen molar-refractivity contribution in [2.45, 2.75) is 0 Å². The number of nitrogens with one attached hydrogen (secondary N) is 1. The molecule has 2 heterocycles. The SMILES string of the molecule is c1ccc(-c2ccccc2-c2cccc(-n3c4ccccc4c4ccc5c6ccccc6[nH]c5c43)c2)cc1. The number of benzene rings is 6. The molecule has 6 aromatic carbocycles. The molecule has 2 heteroatoms. The van der Waals surface area contributed by atoms with E-state index in [9.17, 15) is 0 Å². The van der Waals surface area contributed by atoms with Crippen LogP contribution in [0.5, 0.6) is 0 Å². The molecule has 0 fully saturated rings. The average Bonchev–Trinajstić information content (AvgIpc) is 3.54. The van der Waals surface area contributed by atoms with Gasteiger partial charge in [0.15, 0.2) is 0 Å². The van der Waals surface area contributed by atoms with Crippen molar-refractivity contribution in [3.05, 3.63) is 140 Å². The van der Waals surface area contributed by atoms with Crippen LogP contribution in [-0.4, -0.2) is 9.55 Å². The molecule has 0 aliphatic carbocycles. The van der Waals surface area contributed by atoms with Gasteiger partial charge in [0.2, 0.25) is 0 Å². The first-order chi connectivity index (χ1) is 18.9. The lowest BCUT2D eigenvalue weighted by molar-refractivity contribution is 1.18. The van der Waals surface area contributed by atoms with Crippen molar-refractivity contribution < 1.29 is 0 Å². The number of nitrogens with zero attached hydrogens (tertiary/aromatic N) is 1. The van der Waals surface area contributed by atoms with E-state index in [4.69, 9.17) is 0 Å². The maximum Gasteiger partial charge on any atom is 0.0783 e. The molecule has 178 valence electrons. The van der Waals surface area contributed by atoms with Gasteiger partial charge >= 0.3 is 0 Å². The van der Waals surface area contributed by atoms with E-state index in [1.54, 1.807) is 0 Å². The summed E-state index contributed by atoms with van der Waals surface area (Å²) in [6.07, 6.45) is 0. The van der Waals surface area contributed by atoms with Crippen LogP contribution in [0.1, 0.15) is 0 Å². The minimum atomic E-state index is 1.16. The first-order valence-corrected chi connectivity index (χ1v) is 13.0. The summed E-state index contributed by atoms with van der Waals surface area (Å²) in [4.78, 5) is 3.75. The normalized spacial score (nSPS) is 11.7. The number of aromatic amines is 1. The zero-order chi connectivity index (χ0) is 25.1. The highest BCUT2D eigenvalue weighted by Crippen LogP contribution is 2.40. The molecular weight excluding hydrogens is 460 g/mol. The van der Waals surface area contributed by atoms with Crippen LogP contribution in [0.25, 0.3) is 71.6 Å². The quantitative estimate of drug-likeness (QED) is 0.258. The van der Waals surface area contributed by atoms with E-state index in [-0.39, 0.29) is 0 Å². The fraction of sp³-hybridized carbons (Fsp3) is 0. The van der Waals surface area contributed by atoms with Crippen LogP contribution in [-0.2, 0) is 0 Å². The highest BCUT2D eigenvalue weighted by Gasteiger charge is 2.18. The summed E-state index contributed by atoms with van der Waals surface area (Å²) in [7, 11) is 0. The van der Waals surface area contributed by atoms with Gasteiger partial charge in [0.1, 0.15) is 0 Å². The lowest BCUT2D eigenvalue weighted by atomic mass is 9.94. The van der Waals surface area contributed by atoms with Crippen molar-refractivity contribution in [3.63, 3.8) is 0 Å². The second kappa shape index (κ2) is 8.22. The van der Waals surface area contributed by atoms with Gasteiger partial charge in [-0.3, -0.25) is 0 Å². The summed E-state index contributed by atoms with van der Waals surface area (Å²) in [5.74, 6) is 0. The van der Waals surface area contributed by atoms with Crippen LogP contribution in [0, 0.1) is 0 Å². The number of hydrogen-bond donors (Lipinski definition) is 1. The van der Waals surface area contributed by atoms with Gasteiger partial charge in [-0.1, -0.05) is 115 Å². The zero-order valence-electron chi connectivity index (χ0n) is 20.7. The molecular formula is C36H24N2. The van der Waals surface area contributed by atoms with Gasteiger partial charge in [-0.05, 0) is 46.5 Å². The molecule has 1 N–H and O–H groups in total. The first kappa shape index (κ1) is 21.0. The van der Waals surface area contributed by atoms with Crippen molar-refractivity contribution in [3.8, 4) is 27.9 Å². The number of aromatic nitrogens is 2. The van der Waals surface area contributed by atoms with Crippen LogP contribution < -0.4 is 0 Å². The number of hydrogen-bond acceptors (Lipinski definition) is 0. The number of H-pyrrole nitrogens is 1. The van der Waals surface area contributed by atoms with Gasteiger partial charge in [0, 0.05) is 32.7 Å². The van der Waals surface area contributed by atoms with Crippen LogP contribution in [0.2, 0.25) is 0 Å². The van der Waals surface area contributed by atoms with Crippen molar-refractivity contribution in [2.24, 2.45) is 0 Å². The summed E-state index contributed by atoms with van der Waals surface area (Å²) in [5, 5.41) is 5.03. The summed E-state index contributed by atoms with van der Waals surface area (Å²) < 4.78 is 2.43. The Balaban J connectivity index is 1.43. The van der Waals surface area contributed by atoms with E-state index < -0.39 is 0 Å². The molecule has 0 radical (unpaired) electrons. The molecule has 0 saturated heterocycles. The minimum Gasteiger partial charge on any atom is -0.353 e. The van der Waals surface area contributed by atoms with Gasteiger partial charge in [0.25, 0.3) is 0 Å². The zero-order valence-corrected chi connectivity index (χ0v) is 20.7. The van der Waals surface area contributed by atoms with Gasteiger partial charge < -0.3 is 9.55 Å². The van der Waals surface area contributed by atoms with E-state index in [0.29, 0.717) is 0 Å². The predicted molar refractivity (Wildman–Crippen MR) is 161 cm³/mol. The van der Waals surface area contributed by atoms with Gasteiger partial charge in [-0.2, -0.15) is 0 Å². The smallest absolute Gasteiger partial charge is 0.0783 e. The summed E-state index contributed by atoms with van der Waals surface area (Å²) in [5.41, 5.74) is 10.8. The maximum atomic E-state index is 3.75. The van der Waals surface area contributed by atoms with Crippen LogP contribution in [0.3, 0.4) is 0 Å². The Morgan fingerprint density at radius 3 is 1.97 bits per heavy atom. The standard InChI is InChI=1S/C36H24N2/c1-2-11-24(12-3-1)27-15-4-5-16-28(27)25-13-10-14-26(23-25)38-34-20-9-7-18-30(34)32-22-21-31-29-17-6-8-19-33(29)37-35(31)36(32)38/h1-23,37H. The van der Waals surface area contributed by atoms with Crippen LogP contribution >= 0.6 is 0 Å². The molecule has 0 spiro atoms. The van der Waals surface area contributed by atoms with Crippen molar-refractivity contribution in [1.82, 2.24) is 9.55 Å². The minimum absolute atomic E-state index is 1.16. The van der Waals surface area contributed by atoms with Crippen molar-refractivity contribution >= 4 is 43.6 Å². The van der Waals surface area contributed by atoms with E-state index in [2.05, 4.69) is 149 Å². The Kier molecular flexibility index (Phi) is 4.55. The van der Waals surface area contributed by atoms with E-state index >= 15 is 0 Å². The summed E-state index contributed by atoms with van der Waals surface area (Å²) >= 11 is 0. The Hall–Kier alpha value is -5.08. The molecule has 8 rings (SSSR count). The lowest BCUT2D eigenvalue weighted by Gasteiger charge is -2.13. The molecule has 0 aliphatic rings. The summed E-state index contributed by atoms with van der Waals surface area (Å²) in [6.45, 7) is 0. The second-order valence-corrected chi connectivity index (χ2v) is 9.87.